The maximum Gasteiger partial charge on any atom is 0.274 e. The summed E-state index contributed by atoms with van der Waals surface area (Å²) in [6, 6.07) is 9.37. The molecule has 1 aromatic heterocycles. The van der Waals surface area contributed by atoms with Gasteiger partial charge in [-0.2, -0.15) is 0 Å². The minimum absolute atomic E-state index is 0.118. The van der Waals surface area contributed by atoms with Crippen LogP contribution in [0.4, 0.5) is 0 Å². The highest BCUT2D eigenvalue weighted by molar-refractivity contribution is 5.93. The first-order chi connectivity index (χ1) is 12.1. The number of likely N-dealkylation sites (tertiary alicyclic amines) is 1. The Kier molecular flexibility index (Phi) is 4.05. The Morgan fingerprint density at radius 3 is 2.88 bits per heavy atom. The molecule has 4 rings (SSSR count). The average Bonchev–Trinajstić information content (AvgIpc) is 3.27. The van der Waals surface area contributed by atoms with E-state index < -0.39 is 0 Å². The number of carbonyl (C=O) groups is 1. The molecule has 7 nitrogen and oxygen atoms in total. The van der Waals surface area contributed by atoms with Crippen molar-refractivity contribution in [2.75, 3.05) is 13.7 Å². The molecular formula is C18H22N4O3. The summed E-state index contributed by atoms with van der Waals surface area (Å²) in [6.07, 6.45) is 3.94. The SMILES string of the molecule is CO[C@@]12CC[C@H](O)C[C@@H]1N(C(=O)c1cnnn1-c1ccccc1)CC2. The van der Waals surface area contributed by atoms with E-state index in [0.717, 1.165) is 24.9 Å². The van der Waals surface area contributed by atoms with Crippen molar-refractivity contribution in [2.24, 2.45) is 0 Å². The number of aromatic nitrogens is 3. The van der Waals surface area contributed by atoms with Crippen LogP contribution >= 0.6 is 0 Å². The highest BCUT2D eigenvalue weighted by Crippen LogP contribution is 2.42. The van der Waals surface area contributed by atoms with Gasteiger partial charge in [0.05, 0.1) is 29.6 Å². The summed E-state index contributed by atoms with van der Waals surface area (Å²) in [4.78, 5) is 15.0. The molecule has 1 aliphatic carbocycles. The fourth-order valence-electron chi connectivity index (χ4n) is 4.21. The lowest BCUT2D eigenvalue weighted by Crippen LogP contribution is -2.53. The molecule has 3 atom stereocenters. The lowest BCUT2D eigenvalue weighted by atomic mass is 9.79. The molecule has 7 heteroatoms. The zero-order valence-electron chi connectivity index (χ0n) is 14.2. The van der Waals surface area contributed by atoms with Gasteiger partial charge in [-0.1, -0.05) is 23.4 Å². The molecule has 2 heterocycles. The largest absolute Gasteiger partial charge is 0.393 e. The number of rotatable bonds is 3. The Morgan fingerprint density at radius 2 is 2.12 bits per heavy atom. The second-order valence-corrected chi connectivity index (χ2v) is 6.83. The van der Waals surface area contributed by atoms with Gasteiger partial charge in [0, 0.05) is 13.7 Å². The summed E-state index contributed by atoms with van der Waals surface area (Å²) in [5.41, 5.74) is 0.877. The number of benzene rings is 1. The van der Waals surface area contributed by atoms with E-state index in [0.29, 0.717) is 18.7 Å². The van der Waals surface area contributed by atoms with Crippen molar-refractivity contribution in [1.82, 2.24) is 19.9 Å². The Hall–Kier alpha value is -2.25. The highest BCUT2D eigenvalue weighted by Gasteiger charge is 2.52. The van der Waals surface area contributed by atoms with Gasteiger partial charge in [-0.15, -0.1) is 5.10 Å². The molecule has 0 unspecified atom stereocenters. The lowest BCUT2D eigenvalue weighted by Gasteiger charge is -2.42. The molecule has 0 spiro atoms. The minimum atomic E-state index is -0.390. The predicted molar refractivity (Wildman–Crippen MR) is 90.4 cm³/mol. The van der Waals surface area contributed by atoms with Gasteiger partial charge in [-0.25, -0.2) is 4.68 Å². The van der Waals surface area contributed by atoms with Crippen molar-refractivity contribution in [3.05, 3.63) is 42.2 Å². The van der Waals surface area contributed by atoms with E-state index in [9.17, 15) is 9.90 Å². The van der Waals surface area contributed by atoms with Crippen LogP contribution < -0.4 is 0 Å². The third kappa shape index (κ3) is 2.63. The summed E-state index contributed by atoms with van der Waals surface area (Å²) in [5.74, 6) is -0.119. The van der Waals surface area contributed by atoms with Gasteiger partial charge < -0.3 is 14.7 Å². The molecular weight excluding hydrogens is 320 g/mol. The Bertz CT molecular complexity index is 763. The third-order valence-electron chi connectivity index (χ3n) is 5.59. The Morgan fingerprint density at radius 1 is 1.32 bits per heavy atom. The van der Waals surface area contributed by atoms with Crippen LogP contribution in [0.15, 0.2) is 36.5 Å². The number of carbonyl (C=O) groups excluding carboxylic acids is 1. The minimum Gasteiger partial charge on any atom is -0.393 e. The standard InChI is InChI=1S/C18H22N4O3/c1-25-18-8-7-14(23)11-16(18)21(10-9-18)17(24)15-12-19-20-22(15)13-5-3-2-4-6-13/h2-6,12,14,16,23H,7-11H2,1H3/t14-,16-,18+/m0/s1. The number of aliphatic hydroxyl groups is 1. The van der Waals surface area contributed by atoms with E-state index in [2.05, 4.69) is 10.3 Å². The molecule has 1 N–H and O–H groups in total. The smallest absolute Gasteiger partial charge is 0.274 e. The summed E-state index contributed by atoms with van der Waals surface area (Å²) >= 11 is 0. The molecule has 0 radical (unpaired) electrons. The first-order valence-electron chi connectivity index (χ1n) is 8.65. The Labute approximate surface area is 146 Å². The van der Waals surface area contributed by atoms with Crippen LogP contribution in [0.1, 0.15) is 36.2 Å². The Balaban J connectivity index is 1.65. The van der Waals surface area contributed by atoms with Gasteiger partial charge in [-0.3, -0.25) is 4.79 Å². The summed E-state index contributed by atoms with van der Waals surface area (Å²) < 4.78 is 7.38. The van der Waals surface area contributed by atoms with Crippen molar-refractivity contribution >= 4 is 5.91 Å². The predicted octanol–water partition coefficient (Wildman–Crippen LogP) is 1.41. The van der Waals surface area contributed by atoms with Crippen molar-refractivity contribution < 1.29 is 14.6 Å². The normalized spacial score (nSPS) is 28.8. The maximum absolute atomic E-state index is 13.2. The fraction of sp³-hybridized carbons (Fsp3) is 0.500. The molecule has 2 aromatic rings. The number of para-hydroxylation sites is 1. The van der Waals surface area contributed by atoms with Gasteiger partial charge in [0.2, 0.25) is 0 Å². The van der Waals surface area contributed by atoms with Crippen LogP contribution in [0.2, 0.25) is 0 Å². The quantitative estimate of drug-likeness (QED) is 0.912. The van der Waals surface area contributed by atoms with Gasteiger partial charge >= 0.3 is 0 Å². The molecule has 0 bridgehead atoms. The number of aliphatic hydroxyl groups excluding tert-OH is 1. The van der Waals surface area contributed by atoms with Gasteiger partial charge in [0.25, 0.3) is 5.91 Å². The molecule has 1 amide bonds. The summed E-state index contributed by atoms with van der Waals surface area (Å²) in [5, 5.41) is 18.1. The molecule has 1 saturated heterocycles. The van der Waals surface area contributed by atoms with E-state index >= 15 is 0 Å². The number of hydrogen-bond donors (Lipinski definition) is 1. The average molecular weight is 342 g/mol. The number of ether oxygens (including phenoxy) is 1. The fourth-order valence-corrected chi connectivity index (χ4v) is 4.21. The van der Waals surface area contributed by atoms with E-state index in [1.165, 1.54) is 6.20 Å². The second-order valence-electron chi connectivity index (χ2n) is 6.83. The van der Waals surface area contributed by atoms with Crippen molar-refractivity contribution in [1.29, 1.82) is 0 Å². The highest BCUT2D eigenvalue weighted by atomic mass is 16.5. The third-order valence-corrected chi connectivity index (χ3v) is 5.59. The first-order valence-corrected chi connectivity index (χ1v) is 8.65. The van der Waals surface area contributed by atoms with Crippen molar-refractivity contribution in [3.63, 3.8) is 0 Å². The van der Waals surface area contributed by atoms with Gasteiger partial charge in [-0.05, 0) is 37.8 Å². The van der Waals surface area contributed by atoms with E-state index in [1.807, 2.05) is 35.2 Å². The summed E-state index contributed by atoms with van der Waals surface area (Å²) in [7, 11) is 1.70. The monoisotopic (exact) mass is 342 g/mol. The number of fused-ring (bicyclic) bond motifs is 1. The van der Waals surface area contributed by atoms with Crippen molar-refractivity contribution in [2.45, 2.75) is 43.4 Å². The first kappa shape index (κ1) is 16.2. The number of hydrogen-bond acceptors (Lipinski definition) is 5. The van der Waals surface area contributed by atoms with E-state index in [-0.39, 0.29) is 23.7 Å². The van der Waals surface area contributed by atoms with Crippen molar-refractivity contribution in [3.8, 4) is 5.69 Å². The topological polar surface area (TPSA) is 80.5 Å². The summed E-state index contributed by atoms with van der Waals surface area (Å²) in [6.45, 7) is 0.615. The van der Waals surface area contributed by atoms with Gasteiger partial charge in [0.1, 0.15) is 0 Å². The van der Waals surface area contributed by atoms with Crippen LogP contribution in [0, 0.1) is 0 Å². The van der Waals surface area contributed by atoms with Crippen LogP contribution in [-0.4, -0.2) is 62.3 Å². The molecule has 1 aromatic carbocycles. The van der Waals surface area contributed by atoms with Crippen LogP contribution in [-0.2, 0) is 4.74 Å². The number of nitrogens with zero attached hydrogens (tertiary/aromatic N) is 4. The van der Waals surface area contributed by atoms with E-state index in [4.69, 9.17) is 4.74 Å². The second kappa shape index (κ2) is 6.24. The molecule has 2 aliphatic rings. The lowest BCUT2D eigenvalue weighted by molar-refractivity contribution is -0.0825. The molecule has 132 valence electrons. The molecule has 25 heavy (non-hydrogen) atoms. The maximum atomic E-state index is 13.2. The zero-order chi connectivity index (χ0) is 17.4. The zero-order valence-corrected chi connectivity index (χ0v) is 14.2. The number of methoxy groups -OCH3 is 1. The van der Waals surface area contributed by atoms with Crippen LogP contribution in [0.5, 0.6) is 0 Å². The number of amides is 1. The molecule has 1 saturated carbocycles. The van der Waals surface area contributed by atoms with Crippen LogP contribution in [0.3, 0.4) is 0 Å². The molecule has 1 aliphatic heterocycles. The van der Waals surface area contributed by atoms with Crippen LogP contribution in [0.25, 0.3) is 5.69 Å². The molecule has 2 fully saturated rings. The van der Waals surface area contributed by atoms with E-state index in [1.54, 1.807) is 11.8 Å². The van der Waals surface area contributed by atoms with Gasteiger partial charge in [0.15, 0.2) is 5.69 Å².